The largest absolute Gasteiger partial charge is 0.490 e. The first-order valence-electron chi connectivity index (χ1n) is 10.4. The molecular weight excluding hydrogens is 380 g/mol. The number of aryl methyl sites for hydroxylation is 1. The third-order valence-electron chi connectivity index (χ3n) is 4.46. The third-order valence-corrected chi connectivity index (χ3v) is 4.46. The molecule has 0 saturated carbocycles. The van der Waals surface area contributed by atoms with Gasteiger partial charge in [-0.3, -0.25) is 4.79 Å². The molecule has 0 fully saturated rings. The van der Waals surface area contributed by atoms with E-state index in [-0.39, 0.29) is 5.91 Å². The number of benzene rings is 2. The molecule has 1 aromatic heterocycles. The summed E-state index contributed by atoms with van der Waals surface area (Å²) in [6.07, 6.45) is 3.47. The molecule has 0 bridgehead atoms. The van der Waals surface area contributed by atoms with Crippen molar-refractivity contribution in [1.29, 1.82) is 0 Å². The van der Waals surface area contributed by atoms with E-state index in [4.69, 9.17) is 9.47 Å². The van der Waals surface area contributed by atoms with Crippen molar-refractivity contribution in [2.45, 2.75) is 40.2 Å². The maximum Gasteiger partial charge on any atom is 0.255 e. The number of anilines is 1. The minimum Gasteiger partial charge on any atom is -0.490 e. The molecule has 7 nitrogen and oxygen atoms in total. The number of nitrogens with zero attached hydrogens (tertiary/aromatic N) is 3. The van der Waals surface area contributed by atoms with Crippen molar-refractivity contribution >= 4 is 11.6 Å². The van der Waals surface area contributed by atoms with Crippen LogP contribution in [0.4, 0.5) is 5.69 Å². The van der Waals surface area contributed by atoms with Crippen LogP contribution in [0.15, 0.2) is 48.8 Å². The molecule has 1 heterocycles. The molecule has 3 rings (SSSR count). The maximum absolute atomic E-state index is 12.8. The van der Waals surface area contributed by atoms with E-state index in [2.05, 4.69) is 15.5 Å². The van der Waals surface area contributed by atoms with Gasteiger partial charge in [0.1, 0.15) is 6.33 Å². The van der Waals surface area contributed by atoms with E-state index in [0.717, 1.165) is 30.8 Å². The molecule has 1 N–H and O–H groups in total. The summed E-state index contributed by atoms with van der Waals surface area (Å²) >= 11 is 0. The highest BCUT2D eigenvalue weighted by Gasteiger charge is 2.13. The Kier molecular flexibility index (Phi) is 7.43. The predicted octanol–water partition coefficient (Wildman–Crippen LogP) is 4.79. The van der Waals surface area contributed by atoms with Gasteiger partial charge in [0.05, 0.1) is 13.2 Å². The van der Waals surface area contributed by atoms with Gasteiger partial charge in [0, 0.05) is 23.4 Å². The van der Waals surface area contributed by atoms with Gasteiger partial charge < -0.3 is 19.4 Å². The monoisotopic (exact) mass is 408 g/mol. The van der Waals surface area contributed by atoms with Crippen LogP contribution in [0.2, 0.25) is 0 Å². The van der Waals surface area contributed by atoms with Gasteiger partial charge in [-0.25, -0.2) is 0 Å². The number of rotatable bonds is 10. The smallest absolute Gasteiger partial charge is 0.255 e. The highest BCUT2D eigenvalue weighted by molar-refractivity contribution is 6.04. The Morgan fingerprint density at radius 3 is 2.50 bits per heavy atom. The Morgan fingerprint density at radius 2 is 1.77 bits per heavy atom. The fraction of sp³-hybridized carbons (Fsp3) is 0.348. The molecule has 0 radical (unpaired) electrons. The number of aromatic nitrogens is 3. The van der Waals surface area contributed by atoms with Gasteiger partial charge >= 0.3 is 0 Å². The van der Waals surface area contributed by atoms with E-state index in [1.807, 2.05) is 49.6 Å². The molecule has 0 unspecified atom stereocenters. The average Bonchev–Trinajstić information content (AvgIpc) is 3.25. The Hall–Kier alpha value is -3.35. The molecule has 158 valence electrons. The fourth-order valence-electron chi connectivity index (χ4n) is 2.95. The van der Waals surface area contributed by atoms with Crippen molar-refractivity contribution in [1.82, 2.24) is 14.8 Å². The van der Waals surface area contributed by atoms with Crippen LogP contribution in [0.25, 0.3) is 11.4 Å². The zero-order chi connectivity index (χ0) is 21.3. The maximum atomic E-state index is 12.8. The topological polar surface area (TPSA) is 78.3 Å². The van der Waals surface area contributed by atoms with E-state index >= 15 is 0 Å². The number of hydrogen-bond acceptors (Lipinski definition) is 5. The van der Waals surface area contributed by atoms with E-state index < -0.39 is 0 Å². The van der Waals surface area contributed by atoms with Crippen molar-refractivity contribution in [3.05, 3.63) is 54.4 Å². The number of ether oxygens (including phenoxy) is 2. The Balaban J connectivity index is 1.79. The van der Waals surface area contributed by atoms with Crippen LogP contribution in [-0.2, 0) is 6.54 Å². The van der Waals surface area contributed by atoms with E-state index in [9.17, 15) is 4.79 Å². The van der Waals surface area contributed by atoms with Crippen LogP contribution in [-0.4, -0.2) is 33.9 Å². The van der Waals surface area contributed by atoms with Gasteiger partial charge in [0.2, 0.25) is 0 Å². The lowest BCUT2D eigenvalue weighted by Crippen LogP contribution is -2.12. The second kappa shape index (κ2) is 10.4. The predicted molar refractivity (Wildman–Crippen MR) is 117 cm³/mol. The minimum absolute atomic E-state index is 0.215. The summed E-state index contributed by atoms with van der Waals surface area (Å²) in [7, 11) is 0. The Morgan fingerprint density at radius 1 is 1.00 bits per heavy atom. The number of hydrogen-bond donors (Lipinski definition) is 1. The summed E-state index contributed by atoms with van der Waals surface area (Å²) in [6.45, 7) is 8.05. The Labute approximate surface area is 177 Å². The van der Waals surface area contributed by atoms with E-state index in [0.29, 0.717) is 36.0 Å². The summed E-state index contributed by atoms with van der Waals surface area (Å²) in [4.78, 5) is 12.8. The normalized spacial score (nSPS) is 10.6. The quantitative estimate of drug-likeness (QED) is 0.522. The average molecular weight is 409 g/mol. The molecule has 30 heavy (non-hydrogen) atoms. The van der Waals surface area contributed by atoms with Crippen LogP contribution in [0.3, 0.4) is 0 Å². The lowest BCUT2D eigenvalue weighted by atomic mass is 10.1. The molecule has 1 amide bonds. The highest BCUT2D eigenvalue weighted by Crippen LogP contribution is 2.29. The molecule has 0 saturated heterocycles. The second-order valence-electron chi connectivity index (χ2n) is 6.83. The van der Waals surface area contributed by atoms with E-state index in [1.165, 1.54) is 0 Å². The number of carbonyl (C=O) groups excluding carboxylic acids is 1. The van der Waals surface area contributed by atoms with Crippen LogP contribution in [0.1, 0.15) is 44.0 Å². The van der Waals surface area contributed by atoms with Crippen LogP contribution in [0.5, 0.6) is 11.5 Å². The van der Waals surface area contributed by atoms with E-state index in [1.54, 1.807) is 24.5 Å². The van der Waals surface area contributed by atoms with Crippen LogP contribution >= 0.6 is 0 Å². The summed E-state index contributed by atoms with van der Waals surface area (Å²) < 4.78 is 13.5. The zero-order valence-electron chi connectivity index (χ0n) is 17.7. The van der Waals surface area contributed by atoms with Gasteiger partial charge in [0.15, 0.2) is 17.3 Å². The standard InChI is InChI=1S/C23H28N4O3/c1-4-12-29-20-11-10-18(15-21(20)30-13-5-2)23(28)25-19-9-7-8-17(14-19)22-26-24-16-27(22)6-3/h7-11,14-16H,4-6,12-13H2,1-3H3,(H,25,28). The molecule has 0 aliphatic heterocycles. The number of carbonyl (C=O) groups is 1. The molecular formula is C23H28N4O3. The summed E-state index contributed by atoms with van der Waals surface area (Å²) in [5.41, 5.74) is 2.08. The Bertz CT molecular complexity index is 984. The lowest BCUT2D eigenvalue weighted by molar-refractivity contribution is 0.102. The first-order valence-corrected chi connectivity index (χ1v) is 10.4. The van der Waals surface area contributed by atoms with Crippen molar-refractivity contribution in [2.24, 2.45) is 0 Å². The van der Waals surface area contributed by atoms with Gasteiger partial charge in [-0.05, 0) is 50.1 Å². The summed E-state index contributed by atoms with van der Waals surface area (Å²) in [6, 6.07) is 12.8. The van der Waals surface area contributed by atoms with Gasteiger partial charge in [0.25, 0.3) is 5.91 Å². The second-order valence-corrected chi connectivity index (χ2v) is 6.83. The van der Waals surface area contributed by atoms with Crippen molar-refractivity contribution in [3.63, 3.8) is 0 Å². The third kappa shape index (κ3) is 5.17. The molecule has 0 spiro atoms. The molecule has 7 heteroatoms. The SMILES string of the molecule is CCCOc1ccc(C(=O)Nc2cccc(-c3nncn3CC)c2)cc1OCCC. The summed E-state index contributed by atoms with van der Waals surface area (Å²) in [5.74, 6) is 1.79. The highest BCUT2D eigenvalue weighted by atomic mass is 16.5. The molecule has 0 aliphatic rings. The van der Waals surface area contributed by atoms with Crippen LogP contribution in [0, 0.1) is 0 Å². The molecule has 2 aromatic carbocycles. The van der Waals surface area contributed by atoms with Crippen LogP contribution < -0.4 is 14.8 Å². The van der Waals surface area contributed by atoms with Gasteiger partial charge in [-0.1, -0.05) is 26.0 Å². The molecule has 0 aliphatic carbocycles. The van der Waals surface area contributed by atoms with Gasteiger partial charge in [-0.15, -0.1) is 10.2 Å². The van der Waals surface area contributed by atoms with Crippen molar-refractivity contribution in [2.75, 3.05) is 18.5 Å². The zero-order valence-corrected chi connectivity index (χ0v) is 17.7. The fourth-order valence-corrected chi connectivity index (χ4v) is 2.95. The first-order chi connectivity index (χ1) is 14.7. The van der Waals surface area contributed by atoms with Crippen molar-refractivity contribution in [3.8, 4) is 22.9 Å². The van der Waals surface area contributed by atoms with Gasteiger partial charge in [-0.2, -0.15) is 0 Å². The minimum atomic E-state index is -0.215. The lowest BCUT2D eigenvalue weighted by Gasteiger charge is -2.14. The molecule has 0 atom stereocenters. The first kappa shape index (κ1) is 21.4. The number of amides is 1. The van der Waals surface area contributed by atoms with Crippen molar-refractivity contribution < 1.29 is 14.3 Å². The number of nitrogens with one attached hydrogen (secondary N) is 1. The summed E-state index contributed by atoms with van der Waals surface area (Å²) in [5, 5.41) is 11.1. The molecule has 3 aromatic rings.